The molecule has 7 nitrogen and oxygen atoms in total. The minimum atomic E-state index is -0.00244. The summed E-state index contributed by atoms with van der Waals surface area (Å²) in [6, 6.07) is 0.0533. The number of imidazole rings is 1. The molecule has 3 rings (SSSR count). The lowest BCUT2D eigenvalue weighted by Crippen LogP contribution is -2.42. The molecule has 102 valence electrons. The van der Waals surface area contributed by atoms with Gasteiger partial charge in [-0.05, 0) is 23.9 Å². The first-order valence-corrected chi connectivity index (χ1v) is 6.40. The van der Waals surface area contributed by atoms with Crippen molar-refractivity contribution < 1.29 is 10.2 Å². The fourth-order valence-corrected chi connectivity index (χ4v) is 2.90. The SMILES string of the molecule is Nc1nc(Cl)nc2c1ncn2[C@@H]1C[C@H](CO)[C@H]1CO. The van der Waals surface area contributed by atoms with Crippen LogP contribution >= 0.6 is 11.6 Å². The number of halogens is 1. The number of aliphatic hydroxyl groups excluding tert-OH is 2. The Labute approximate surface area is 114 Å². The summed E-state index contributed by atoms with van der Waals surface area (Å²) < 4.78 is 1.85. The number of aliphatic hydroxyl groups is 2. The van der Waals surface area contributed by atoms with Gasteiger partial charge in [0, 0.05) is 25.2 Å². The Balaban J connectivity index is 2.02. The standard InChI is InChI=1S/C11H14ClN5O2/c12-11-15-9(13)8-10(16-11)17(4-14-8)7-1-5(2-18)6(7)3-19/h4-7,18-19H,1-3H2,(H2,13,15,16)/t5-,6-,7-/m1/s1. The van der Waals surface area contributed by atoms with E-state index in [0.29, 0.717) is 11.2 Å². The van der Waals surface area contributed by atoms with Crippen LogP contribution in [0.1, 0.15) is 12.5 Å². The summed E-state index contributed by atoms with van der Waals surface area (Å²) in [6.45, 7) is 0.0934. The van der Waals surface area contributed by atoms with Gasteiger partial charge < -0.3 is 20.5 Å². The highest BCUT2D eigenvalue weighted by molar-refractivity contribution is 6.28. The van der Waals surface area contributed by atoms with Gasteiger partial charge >= 0.3 is 0 Å². The summed E-state index contributed by atoms with van der Waals surface area (Å²) in [5, 5.41) is 18.7. The van der Waals surface area contributed by atoms with E-state index in [2.05, 4.69) is 15.0 Å². The lowest BCUT2D eigenvalue weighted by atomic mass is 9.70. The van der Waals surface area contributed by atoms with Gasteiger partial charge in [0.2, 0.25) is 5.28 Å². The molecule has 8 heteroatoms. The van der Waals surface area contributed by atoms with E-state index in [9.17, 15) is 10.2 Å². The fourth-order valence-electron chi connectivity index (χ4n) is 2.73. The zero-order valence-corrected chi connectivity index (χ0v) is 10.8. The highest BCUT2D eigenvalue weighted by Gasteiger charge is 2.41. The van der Waals surface area contributed by atoms with Gasteiger partial charge in [-0.2, -0.15) is 9.97 Å². The highest BCUT2D eigenvalue weighted by Crippen LogP contribution is 2.44. The Morgan fingerprint density at radius 1 is 1.37 bits per heavy atom. The summed E-state index contributed by atoms with van der Waals surface area (Å²) in [6.07, 6.45) is 2.40. The molecule has 19 heavy (non-hydrogen) atoms. The van der Waals surface area contributed by atoms with Gasteiger partial charge in [0.25, 0.3) is 0 Å². The minimum absolute atomic E-state index is 0.00244. The van der Waals surface area contributed by atoms with Crippen LogP contribution in [0.2, 0.25) is 5.28 Å². The molecule has 1 aliphatic rings. The predicted molar refractivity (Wildman–Crippen MR) is 69.6 cm³/mol. The summed E-state index contributed by atoms with van der Waals surface area (Å²) in [4.78, 5) is 12.2. The summed E-state index contributed by atoms with van der Waals surface area (Å²) >= 11 is 5.81. The predicted octanol–water partition coefficient (Wildman–Crippen LogP) is 0.224. The number of aromatic nitrogens is 4. The Bertz CT molecular complexity index is 616. The van der Waals surface area contributed by atoms with Crippen LogP contribution < -0.4 is 5.73 Å². The van der Waals surface area contributed by atoms with Gasteiger partial charge in [0.1, 0.15) is 5.52 Å². The van der Waals surface area contributed by atoms with Crippen molar-refractivity contribution >= 4 is 28.6 Å². The van der Waals surface area contributed by atoms with Crippen LogP contribution in [-0.4, -0.2) is 42.9 Å². The molecule has 0 radical (unpaired) electrons. The molecular formula is C11H14ClN5O2. The minimum Gasteiger partial charge on any atom is -0.396 e. The molecule has 1 fully saturated rings. The number of hydrogen-bond donors (Lipinski definition) is 3. The van der Waals surface area contributed by atoms with Crippen molar-refractivity contribution in [2.45, 2.75) is 12.5 Å². The monoisotopic (exact) mass is 283 g/mol. The molecule has 0 spiro atoms. The van der Waals surface area contributed by atoms with Gasteiger partial charge in [-0.15, -0.1) is 0 Å². The average Bonchev–Trinajstić information content (AvgIpc) is 2.73. The second kappa shape index (κ2) is 4.59. The summed E-state index contributed by atoms with van der Waals surface area (Å²) in [5.74, 6) is 0.354. The van der Waals surface area contributed by atoms with Crippen molar-refractivity contribution in [1.29, 1.82) is 0 Å². The van der Waals surface area contributed by atoms with Crippen molar-refractivity contribution in [2.75, 3.05) is 18.9 Å². The van der Waals surface area contributed by atoms with E-state index >= 15 is 0 Å². The number of hydrogen-bond acceptors (Lipinski definition) is 6. The van der Waals surface area contributed by atoms with Crippen LogP contribution in [0, 0.1) is 11.8 Å². The molecule has 0 amide bonds. The zero-order chi connectivity index (χ0) is 13.6. The van der Waals surface area contributed by atoms with Crippen molar-refractivity contribution in [1.82, 2.24) is 19.5 Å². The summed E-state index contributed by atoms with van der Waals surface area (Å²) in [7, 11) is 0. The highest BCUT2D eigenvalue weighted by atomic mass is 35.5. The largest absolute Gasteiger partial charge is 0.396 e. The fraction of sp³-hybridized carbons (Fsp3) is 0.545. The van der Waals surface area contributed by atoms with Crippen LogP contribution in [0.3, 0.4) is 0 Å². The summed E-state index contributed by atoms with van der Waals surface area (Å²) in [5.41, 5.74) is 6.82. The van der Waals surface area contributed by atoms with Crippen LogP contribution in [-0.2, 0) is 0 Å². The van der Waals surface area contributed by atoms with Crippen molar-refractivity contribution in [2.24, 2.45) is 11.8 Å². The van der Waals surface area contributed by atoms with Crippen LogP contribution in [0.5, 0.6) is 0 Å². The van der Waals surface area contributed by atoms with Gasteiger partial charge in [0.15, 0.2) is 11.5 Å². The maximum atomic E-state index is 9.41. The van der Waals surface area contributed by atoms with E-state index in [-0.39, 0.29) is 42.2 Å². The molecule has 2 aromatic rings. The van der Waals surface area contributed by atoms with Crippen molar-refractivity contribution in [3.05, 3.63) is 11.6 Å². The molecule has 1 aliphatic carbocycles. The van der Waals surface area contributed by atoms with E-state index < -0.39 is 0 Å². The number of nitrogens with two attached hydrogens (primary N) is 1. The molecule has 4 N–H and O–H groups in total. The second-order valence-electron chi connectivity index (χ2n) is 4.79. The Morgan fingerprint density at radius 3 is 2.84 bits per heavy atom. The number of fused-ring (bicyclic) bond motifs is 1. The number of nitrogens with zero attached hydrogens (tertiary/aromatic N) is 4. The van der Waals surface area contributed by atoms with Gasteiger partial charge in [-0.1, -0.05) is 0 Å². The number of anilines is 1. The third-order valence-corrected chi connectivity index (χ3v) is 4.04. The third-order valence-electron chi connectivity index (χ3n) is 3.87. The molecule has 0 saturated heterocycles. The first kappa shape index (κ1) is 12.6. The molecule has 3 atom stereocenters. The Hall–Kier alpha value is -1.44. The molecule has 0 bridgehead atoms. The molecule has 0 aliphatic heterocycles. The molecular weight excluding hydrogens is 270 g/mol. The molecule has 0 unspecified atom stereocenters. The van der Waals surface area contributed by atoms with Crippen LogP contribution in [0.25, 0.3) is 11.2 Å². The molecule has 1 saturated carbocycles. The van der Waals surface area contributed by atoms with E-state index in [4.69, 9.17) is 17.3 Å². The van der Waals surface area contributed by atoms with Crippen molar-refractivity contribution in [3.63, 3.8) is 0 Å². The topological polar surface area (TPSA) is 110 Å². The van der Waals surface area contributed by atoms with Gasteiger partial charge in [-0.25, -0.2) is 4.98 Å². The van der Waals surface area contributed by atoms with E-state index in [0.717, 1.165) is 6.42 Å². The maximum Gasteiger partial charge on any atom is 0.226 e. The van der Waals surface area contributed by atoms with E-state index in [1.54, 1.807) is 6.33 Å². The zero-order valence-electron chi connectivity index (χ0n) is 10.1. The maximum absolute atomic E-state index is 9.41. The van der Waals surface area contributed by atoms with Gasteiger partial charge in [0.05, 0.1) is 6.33 Å². The van der Waals surface area contributed by atoms with Gasteiger partial charge in [-0.3, -0.25) is 0 Å². The lowest BCUT2D eigenvalue weighted by Gasteiger charge is -2.43. The molecule has 0 aromatic carbocycles. The second-order valence-corrected chi connectivity index (χ2v) is 5.13. The molecule has 2 heterocycles. The number of rotatable bonds is 3. The Kier molecular flexibility index (Phi) is 3.04. The smallest absolute Gasteiger partial charge is 0.226 e. The average molecular weight is 284 g/mol. The van der Waals surface area contributed by atoms with Crippen LogP contribution in [0.15, 0.2) is 6.33 Å². The van der Waals surface area contributed by atoms with Crippen LogP contribution in [0.4, 0.5) is 5.82 Å². The number of nitrogen functional groups attached to an aromatic ring is 1. The lowest BCUT2D eigenvalue weighted by molar-refractivity contribution is -0.00528. The molecule has 2 aromatic heterocycles. The quantitative estimate of drug-likeness (QED) is 0.695. The Morgan fingerprint density at radius 2 is 2.16 bits per heavy atom. The van der Waals surface area contributed by atoms with E-state index in [1.165, 1.54) is 0 Å². The third kappa shape index (κ3) is 1.85. The van der Waals surface area contributed by atoms with E-state index in [1.807, 2.05) is 4.57 Å². The first-order chi connectivity index (χ1) is 9.15. The van der Waals surface area contributed by atoms with Crippen molar-refractivity contribution in [3.8, 4) is 0 Å². The normalized spacial score (nSPS) is 26.6. The first-order valence-electron chi connectivity index (χ1n) is 6.03.